The van der Waals surface area contributed by atoms with Crippen LogP contribution in [-0.4, -0.2) is 18.7 Å². The molecule has 7 heteroatoms. The minimum Gasteiger partial charge on any atom is -0.710 e. The molecule has 1 saturated carbocycles. The first-order valence-corrected chi connectivity index (χ1v) is 11.8. The van der Waals surface area contributed by atoms with Crippen molar-refractivity contribution in [3.05, 3.63) is 77.8 Å². The zero-order chi connectivity index (χ0) is 21.6. The third-order valence-corrected chi connectivity index (χ3v) is 8.18. The number of aromatic nitrogens is 2. The average molecular weight is 435 g/mol. The molecule has 1 aliphatic rings. The summed E-state index contributed by atoms with van der Waals surface area (Å²) in [6.07, 6.45) is 4.04. The molecule has 0 amide bonds. The molecule has 5 rings (SSSR count). The molecule has 6 nitrogen and oxygen atoms in total. The van der Waals surface area contributed by atoms with Gasteiger partial charge in [-0.15, -0.1) is 0 Å². The maximum absolute atomic E-state index is 13.1. The summed E-state index contributed by atoms with van der Waals surface area (Å²) >= 11 is 0. The number of hydrogen-bond acceptors (Lipinski definition) is 4. The van der Waals surface area contributed by atoms with Crippen LogP contribution in [0, 0.1) is 12.1 Å². The molecule has 0 radical (unpaired) electrons. The topological polar surface area (TPSA) is 86.1 Å². The van der Waals surface area contributed by atoms with E-state index in [9.17, 15) is 13.6 Å². The summed E-state index contributed by atoms with van der Waals surface area (Å²) in [4.78, 5) is 3.27. The Labute approximate surface area is 180 Å². The molecule has 0 atom stereocenters. The van der Waals surface area contributed by atoms with Gasteiger partial charge in [0.05, 0.1) is 21.7 Å². The number of para-hydroxylation sites is 1. The van der Waals surface area contributed by atoms with Crippen molar-refractivity contribution >= 4 is 20.9 Å². The first kappa shape index (κ1) is 19.6. The van der Waals surface area contributed by atoms with E-state index in [1.165, 1.54) is 0 Å². The van der Waals surface area contributed by atoms with Crippen LogP contribution >= 0.6 is 0 Å². The molecular formula is C24H22N2O4S. The van der Waals surface area contributed by atoms with Crippen LogP contribution in [-0.2, 0) is 9.84 Å². The van der Waals surface area contributed by atoms with Crippen LogP contribution < -0.4 is 9.47 Å². The predicted molar refractivity (Wildman–Crippen MR) is 119 cm³/mol. The van der Waals surface area contributed by atoms with Gasteiger partial charge in [0, 0.05) is 11.1 Å². The van der Waals surface area contributed by atoms with Crippen molar-refractivity contribution < 1.29 is 17.9 Å². The van der Waals surface area contributed by atoms with Crippen LogP contribution in [0.3, 0.4) is 0 Å². The molecule has 0 saturated heterocycles. The lowest BCUT2D eigenvalue weighted by molar-refractivity contribution is -0.586. The Morgan fingerprint density at radius 3 is 2.52 bits per heavy atom. The van der Waals surface area contributed by atoms with Gasteiger partial charge in [-0.3, -0.25) is 0 Å². The van der Waals surface area contributed by atoms with Gasteiger partial charge in [-0.05, 0) is 62.2 Å². The standard InChI is InChI=1S/C24H22N2O4S/c1-16-14-21(20-12-13-25-24(20)26(16)27)22-15-19(31(28,29)18-8-5-9-18)10-11-23(22)30-17-6-3-2-4-7-17/h2-4,6-7,10-15,18,25H,5,8-9H2,1H3. The number of nitrogens with zero attached hydrogens (tertiary/aromatic N) is 1. The molecule has 0 bridgehead atoms. The Morgan fingerprint density at radius 1 is 1.03 bits per heavy atom. The molecule has 0 unspecified atom stereocenters. The second-order valence-electron chi connectivity index (χ2n) is 7.90. The van der Waals surface area contributed by atoms with E-state index >= 15 is 0 Å². The molecule has 31 heavy (non-hydrogen) atoms. The largest absolute Gasteiger partial charge is 0.710 e. The van der Waals surface area contributed by atoms with Gasteiger partial charge >= 0.3 is 0 Å². The lowest BCUT2D eigenvalue weighted by Crippen LogP contribution is -2.31. The number of pyridine rings is 1. The van der Waals surface area contributed by atoms with Crippen molar-refractivity contribution in [3.8, 4) is 22.6 Å². The van der Waals surface area contributed by atoms with Gasteiger partial charge in [-0.25, -0.2) is 18.1 Å². The quantitative estimate of drug-likeness (QED) is 0.358. The Kier molecular flexibility index (Phi) is 4.70. The van der Waals surface area contributed by atoms with E-state index < -0.39 is 9.84 Å². The summed E-state index contributed by atoms with van der Waals surface area (Å²) < 4.78 is 33.2. The van der Waals surface area contributed by atoms with Crippen LogP contribution in [0.15, 0.2) is 71.8 Å². The maximum Gasteiger partial charge on any atom is 0.290 e. The molecule has 2 heterocycles. The summed E-state index contributed by atoms with van der Waals surface area (Å²) in [7, 11) is -3.41. The van der Waals surface area contributed by atoms with Gasteiger partial charge in [-0.1, -0.05) is 24.6 Å². The van der Waals surface area contributed by atoms with Crippen molar-refractivity contribution in [3.63, 3.8) is 0 Å². The van der Waals surface area contributed by atoms with Crippen LogP contribution in [0.4, 0.5) is 0 Å². The van der Waals surface area contributed by atoms with Gasteiger partial charge in [0.1, 0.15) is 17.2 Å². The van der Waals surface area contributed by atoms with Gasteiger partial charge in [-0.2, -0.15) is 0 Å². The molecule has 0 spiro atoms. The Bertz CT molecular complexity index is 1370. The number of fused-ring (bicyclic) bond motifs is 1. The number of nitrogens with one attached hydrogen (secondary N) is 1. The summed E-state index contributed by atoms with van der Waals surface area (Å²) in [6, 6.07) is 17.9. The number of ether oxygens (including phenoxy) is 1. The Balaban J connectivity index is 1.72. The number of sulfone groups is 1. The lowest BCUT2D eigenvalue weighted by atomic mass is 10.00. The smallest absolute Gasteiger partial charge is 0.290 e. The lowest BCUT2D eigenvalue weighted by Gasteiger charge is -2.25. The van der Waals surface area contributed by atoms with E-state index in [1.807, 2.05) is 36.4 Å². The van der Waals surface area contributed by atoms with E-state index in [0.29, 0.717) is 46.6 Å². The summed E-state index contributed by atoms with van der Waals surface area (Å²) in [5.41, 5.74) is 2.31. The molecule has 1 aliphatic carbocycles. The first-order chi connectivity index (χ1) is 14.9. The molecule has 4 aromatic rings. The zero-order valence-corrected chi connectivity index (χ0v) is 17.9. The number of rotatable bonds is 5. The van der Waals surface area contributed by atoms with Crippen molar-refractivity contribution in [2.75, 3.05) is 0 Å². The van der Waals surface area contributed by atoms with Gasteiger partial charge < -0.3 is 9.94 Å². The minimum absolute atomic E-state index is 0.285. The number of benzene rings is 2. The molecule has 2 aromatic heterocycles. The van der Waals surface area contributed by atoms with Crippen LogP contribution in [0.5, 0.6) is 11.5 Å². The van der Waals surface area contributed by atoms with Gasteiger partial charge in [0.25, 0.3) is 5.65 Å². The molecule has 1 N–H and O–H groups in total. The highest BCUT2D eigenvalue weighted by Gasteiger charge is 2.33. The number of aromatic amines is 1. The normalized spacial score (nSPS) is 14.5. The van der Waals surface area contributed by atoms with E-state index in [2.05, 4.69) is 4.98 Å². The van der Waals surface area contributed by atoms with E-state index in [-0.39, 0.29) is 10.1 Å². The molecule has 158 valence electrons. The maximum atomic E-state index is 13.1. The summed E-state index contributed by atoms with van der Waals surface area (Å²) in [5.74, 6) is 1.18. The average Bonchev–Trinajstić information content (AvgIpc) is 3.20. The van der Waals surface area contributed by atoms with E-state index in [1.54, 1.807) is 37.4 Å². The molecule has 0 aliphatic heterocycles. The fourth-order valence-electron chi connectivity index (χ4n) is 3.97. The first-order valence-electron chi connectivity index (χ1n) is 10.3. The fraction of sp³-hybridized carbons (Fsp3) is 0.208. The fourth-order valence-corrected chi connectivity index (χ4v) is 5.84. The minimum atomic E-state index is -3.41. The van der Waals surface area contributed by atoms with Gasteiger partial charge in [0.2, 0.25) is 0 Å². The van der Waals surface area contributed by atoms with E-state index in [4.69, 9.17) is 4.74 Å². The number of hydrogen-bond donors (Lipinski definition) is 1. The molecule has 2 aromatic carbocycles. The Morgan fingerprint density at radius 2 is 1.81 bits per heavy atom. The Hall–Kier alpha value is -3.32. The van der Waals surface area contributed by atoms with Crippen molar-refractivity contribution in [2.24, 2.45) is 0 Å². The highest BCUT2D eigenvalue weighted by molar-refractivity contribution is 7.92. The summed E-state index contributed by atoms with van der Waals surface area (Å²) in [6.45, 7) is 1.73. The highest BCUT2D eigenvalue weighted by atomic mass is 32.2. The second kappa shape index (κ2) is 7.42. The highest BCUT2D eigenvalue weighted by Crippen LogP contribution is 2.40. The third kappa shape index (κ3) is 3.35. The second-order valence-corrected chi connectivity index (χ2v) is 10.1. The third-order valence-electron chi connectivity index (χ3n) is 5.92. The van der Waals surface area contributed by atoms with Crippen LogP contribution in [0.25, 0.3) is 22.2 Å². The number of aryl methyl sites for hydroxylation is 1. The van der Waals surface area contributed by atoms with Crippen molar-refractivity contribution in [1.82, 2.24) is 4.98 Å². The van der Waals surface area contributed by atoms with Crippen LogP contribution in [0.1, 0.15) is 25.0 Å². The summed E-state index contributed by atoms with van der Waals surface area (Å²) in [5, 5.41) is 12.9. The van der Waals surface area contributed by atoms with Crippen LogP contribution in [0.2, 0.25) is 0 Å². The van der Waals surface area contributed by atoms with Crippen molar-refractivity contribution in [1.29, 1.82) is 0 Å². The predicted octanol–water partition coefficient (Wildman–Crippen LogP) is 4.90. The SMILES string of the molecule is Cc1cc(-c2cc(S(=O)(=O)C3CCC3)ccc2Oc2ccccc2)c2cc[nH]c2[n+]1[O-]. The van der Waals surface area contributed by atoms with Gasteiger partial charge in [0.15, 0.2) is 9.84 Å². The molecular weight excluding hydrogens is 412 g/mol. The molecule has 1 fully saturated rings. The number of H-pyrrole nitrogens is 1. The zero-order valence-electron chi connectivity index (χ0n) is 17.0. The van der Waals surface area contributed by atoms with Crippen molar-refractivity contribution in [2.45, 2.75) is 36.3 Å². The monoisotopic (exact) mass is 434 g/mol. The van der Waals surface area contributed by atoms with E-state index in [0.717, 1.165) is 16.7 Å².